The lowest BCUT2D eigenvalue weighted by Crippen LogP contribution is -2.60. The van der Waals surface area contributed by atoms with Gasteiger partial charge in [0.2, 0.25) is 6.29 Å². The molecule has 2 fully saturated rings. The highest BCUT2D eigenvalue weighted by atomic mass is 16.8. The van der Waals surface area contributed by atoms with Gasteiger partial charge in [0.1, 0.15) is 30.0 Å². The van der Waals surface area contributed by atoms with Gasteiger partial charge in [0.15, 0.2) is 6.29 Å². The van der Waals surface area contributed by atoms with E-state index in [9.17, 15) is 30.0 Å². The van der Waals surface area contributed by atoms with Gasteiger partial charge >= 0.3 is 11.9 Å². The van der Waals surface area contributed by atoms with Crippen LogP contribution in [0.3, 0.4) is 0 Å². The van der Waals surface area contributed by atoms with Gasteiger partial charge in [0.05, 0.1) is 31.5 Å². The summed E-state index contributed by atoms with van der Waals surface area (Å²) in [5.41, 5.74) is -0.768. The van der Waals surface area contributed by atoms with E-state index in [0.717, 1.165) is 0 Å². The van der Waals surface area contributed by atoms with E-state index in [0.29, 0.717) is 12.8 Å². The minimum Gasteiger partial charge on any atom is -0.471 e. The molecule has 0 aromatic rings. The number of methoxy groups -OCH3 is 1. The van der Waals surface area contributed by atoms with Crippen LogP contribution in [0.1, 0.15) is 26.7 Å². The van der Waals surface area contributed by atoms with Crippen LogP contribution >= 0.6 is 0 Å². The number of carbonyl (C=O) groups is 2. The molecule has 0 radical (unpaired) electrons. The molecule has 0 spiro atoms. The second kappa shape index (κ2) is 8.77. The van der Waals surface area contributed by atoms with E-state index in [1.54, 1.807) is 6.92 Å². The van der Waals surface area contributed by atoms with Gasteiger partial charge in [-0.05, 0) is 19.8 Å². The average Bonchev–Trinajstić information content (AvgIpc) is 3.04. The van der Waals surface area contributed by atoms with E-state index in [2.05, 4.69) is 0 Å². The highest BCUT2D eigenvalue weighted by Crippen LogP contribution is 2.51. The minimum absolute atomic E-state index is 0.270. The number of hydrogen-bond donors (Lipinski definition) is 4. The van der Waals surface area contributed by atoms with Gasteiger partial charge in [-0.15, -0.1) is 0 Å². The predicted molar refractivity (Wildman–Crippen MR) is 96.2 cm³/mol. The molecule has 170 valence electrons. The third kappa shape index (κ3) is 4.05. The molecule has 2 heterocycles. The molecule has 3 aliphatic rings. The van der Waals surface area contributed by atoms with Crippen LogP contribution in [0.5, 0.6) is 0 Å². The molecular formula is C19H28O11. The third-order valence-electron chi connectivity index (χ3n) is 6.03. The molecule has 2 aliphatic heterocycles. The van der Waals surface area contributed by atoms with Gasteiger partial charge in [-0.25, -0.2) is 4.79 Å². The lowest BCUT2D eigenvalue weighted by Gasteiger charge is -2.44. The van der Waals surface area contributed by atoms with Crippen LogP contribution in [0.15, 0.2) is 11.8 Å². The normalized spacial score (nSPS) is 43.2. The molecule has 11 nitrogen and oxygen atoms in total. The second-order valence-electron chi connectivity index (χ2n) is 7.98. The smallest absolute Gasteiger partial charge is 0.337 e. The molecule has 0 unspecified atom stereocenters. The number of carbonyl (C=O) groups excluding carboxylic acids is 2. The van der Waals surface area contributed by atoms with Crippen molar-refractivity contribution in [2.45, 2.75) is 69.3 Å². The molecule has 0 aromatic heterocycles. The Morgan fingerprint density at radius 2 is 1.90 bits per heavy atom. The maximum absolute atomic E-state index is 12.2. The molecule has 4 N–H and O–H groups in total. The van der Waals surface area contributed by atoms with Crippen LogP contribution in [0.2, 0.25) is 0 Å². The minimum atomic E-state index is -1.63. The Kier molecular flexibility index (Phi) is 6.70. The standard InChI is InChI=1S/C19H28O11/c1-8(21)30-19(2)5-4-9-10(16(25)26-3)7-27-17(12(9)19)29-18-15(24)14(23)13(22)11(6-20)28-18/h7,9,11-15,17-18,20,22-24H,4-6H2,1-3H3/t9-,11-,12-,13-,14+,15-,17+,18+,19+/m1/s1. The SMILES string of the molecule is COC(=O)C1=CO[C@@H](O[C@@H]2O[C@H](CO)[C@@H](O)[C@H](O)[C@H]2O)[C@H]2[C@@H]1CC[C@]2(C)OC(C)=O. The molecule has 1 aliphatic carbocycles. The number of ether oxygens (including phenoxy) is 5. The van der Waals surface area contributed by atoms with Crippen LogP contribution in [0, 0.1) is 11.8 Å². The molecule has 0 aromatic carbocycles. The van der Waals surface area contributed by atoms with Crippen molar-refractivity contribution in [3.63, 3.8) is 0 Å². The molecule has 30 heavy (non-hydrogen) atoms. The van der Waals surface area contributed by atoms with Crippen LogP contribution in [-0.2, 0) is 33.3 Å². The van der Waals surface area contributed by atoms with Crippen LogP contribution in [0.25, 0.3) is 0 Å². The van der Waals surface area contributed by atoms with Crippen LogP contribution in [-0.4, -0.2) is 88.7 Å². The quantitative estimate of drug-likeness (QED) is 0.377. The van der Waals surface area contributed by atoms with Crippen molar-refractivity contribution in [1.29, 1.82) is 0 Å². The van der Waals surface area contributed by atoms with Crippen molar-refractivity contribution >= 4 is 11.9 Å². The second-order valence-corrected chi connectivity index (χ2v) is 7.98. The molecular weight excluding hydrogens is 404 g/mol. The fraction of sp³-hybridized carbons (Fsp3) is 0.789. The molecule has 1 saturated heterocycles. The molecule has 1 saturated carbocycles. The Labute approximate surface area is 173 Å². The van der Waals surface area contributed by atoms with Gasteiger partial charge in [0, 0.05) is 12.8 Å². The number of esters is 2. The Bertz CT molecular complexity index is 692. The molecule has 0 bridgehead atoms. The zero-order valence-corrected chi connectivity index (χ0v) is 17.0. The van der Waals surface area contributed by atoms with E-state index < -0.39 is 73.0 Å². The zero-order chi connectivity index (χ0) is 22.2. The summed E-state index contributed by atoms with van der Waals surface area (Å²) in [5.74, 6) is -2.15. The maximum Gasteiger partial charge on any atom is 0.337 e. The van der Waals surface area contributed by atoms with Crippen molar-refractivity contribution in [2.24, 2.45) is 11.8 Å². The average molecular weight is 432 g/mol. The van der Waals surface area contributed by atoms with E-state index in [1.165, 1.54) is 20.3 Å². The zero-order valence-electron chi connectivity index (χ0n) is 17.0. The summed E-state index contributed by atoms with van der Waals surface area (Å²) in [5, 5.41) is 39.6. The first-order valence-electron chi connectivity index (χ1n) is 9.72. The number of aliphatic hydroxyl groups is 4. The first-order valence-corrected chi connectivity index (χ1v) is 9.72. The summed E-state index contributed by atoms with van der Waals surface area (Å²) in [6, 6.07) is 0. The molecule has 0 amide bonds. The van der Waals surface area contributed by atoms with Gasteiger partial charge < -0.3 is 44.1 Å². The van der Waals surface area contributed by atoms with Crippen LogP contribution in [0.4, 0.5) is 0 Å². The lowest BCUT2D eigenvalue weighted by molar-refractivity contribution is -0.346. The van der Waals surface area contributed by atoms with Crippen molar-refractivity contribution in [2.75, 3.05) is 13.7 Å². The van der Waals surface area contributed by atoms with Crippen molar-refractivity contribution in [3.8, 4) is 0 Å². The summed E-state index contributed by atoms with van der Waals surface area (Å²) in [6.45, 7) is 2.36. The topological polar surface area (TPSA) is 161 Å². The summed E-state index contributed by atoms with van der Waals surface area (Å²) < 4.78 is 27.2. The number of hydrogen-bond acceptors (Lipinski definition) is 11. The van der Waals surface area contributed by atoms with Gasteiger partial charge in [-0.1, -0.05) is 0 Å². The number of rotatable bonds is 5. The Balaban J connectivity index is 1.88. The van der Waals surface area contributed by atoms with Crippen molar-refractivity contribution in [1.82, 2.24) is 0 Å². The monoisotopic (exact) mass is 432 g/mol. The largest absolute Gasteiger partial charge is 0.471 e. The summed E-state index contributed by atoms with van der Waals surface area (Å²) in [4.78, 5) is 23.9. The van der Waals surface area contributed by atoms with Gasteiger partial charge in [-0.2, -0.15) is 0 Å². The van der Waals surface area contributed by atoms with Crippen LogP contribution < -0.4 is 0 Å². The van der Waals surface area contributed by atoms with Gasteiger partial charge in [0.25, 0.3) is 0 Å². The Morgan fingerprint density at radius 1 is 1.20 bits per heavy atom. The first kappa shape index (κ1) is 22.9. The maximum atomic E-state index is 12.2. The van der Waals surface area contributed by atoms with Crippen molar-refractivity contribution < 1.29 is 53.7 Å². The number of aliphatic hydroxyl groups excluding tert-OH is 4. The Morgan fingerprint density at radius 3 is 2.50 bits per heavy atom. The molecule has 9 atom stereocenters. The van der Waals surface area contributed by atoms with E-state index in [4.69, 9.17) is 23.7 Å². The summed E-state index contributed by atoms with van der Waals surface area (Å²) >= 11 is 0. The third-order valence-corrected chi connectivity index (χ3v) is 6.03. The fourth-order valence-corrected chi connectivity index (χ4v) is 4.55. The lowest BCUT2D eigenvalue weighted by atomic mass is 9.81. The molecule has 11 heteroatoms. The predicted octanol–water partition coefficient (Wildman–Crippen LogP) is -1.44. The van der Waals surface area contributed by atoms with Crippen molar-refractivity contribution in [3.05, 3.63) is 11.8 Å². The van der Waals surface area contributed by atoms with E-state index >= 15 is 0 Å². The fourth-order valence-electron chi connectivity index (χ4n) is 4.55. The number of fused-ring (bicyclic) bond motifs is 1. The Hall–Kier alpha value is -1.76. The summed E-state index contributed by atoms with van der Waals surface area (Å²) in [7, 11) is 1.24. The first-order chi connectivity index (χ1) is 14.1. The molecule has 3 rings (SSSR count). The highest BCUT2D eigenvalue weighted by molar-refractivity contribution is 5.89. The van der Waals surface area contributed by atoms with Gasteiger partial charge in [-0.3, -0.25) is 4.79 Å². The van der Waals surface area contributed by atoms with E-state index in [1.807, 2.05) is 0 Å². The van der Waals surface area contributed by atoms with E-state index in [-0.39, 0.29) is 5.57 Å². The highest BCUT2D eigenvalue weighted by Gasteiger charge is 2.58. The summed E-state index contributed by atoms with van der Waals surface area (Å²) in [6.07, 6.45) is -6.37.